The number of carbonyl (C=O) groups is 1. The van der Waals surface area contributed by atoms with E-state index in [1.165, 1.54) is 76.2 Å². The highest BCUT2D eigenvalue weighted by atomic mass is 16.7. The molecular weight excluding hydrogens is 400 g/mol. The van der Waals surface area contributed by atoms with Gasteiger partial charge in [0, 0.05) is 12.8 Å². The average Bonchev–Trinajstić information content (AvgIpc) is 2.77. The molecule has 0 bridgehead atoms. The Morgan fingerprint density at radius 3 is 2.00 bits per heavy atom. The minimum atomic E-state index is -0.655. The maximum atomic E-state index is 10.3. The number of ether oxygens (including phenoxy) is 2. The summed E-state index contributed by atoms with van der Waals surface area (Å²) in [5.74, 6) is 0.322. The first-order chi connectivity index (χ1) is 15.5. The lowest BCUT2D eigenvalue weighted by Gasteiger charge is -2.27. The summed E-state index contributed by atoms with van der Waals surface area (Å²) >= 11 is 0. The summed E-state index contributed by atoms with van der Waals surface area (Å²) in [6.07, 6.45) is 19.4. The Morgan fingerprint density at radius 1 is 0.938 bits per heavy atom. The third kappa shape index (κ3) is 15.3. The number of unbranched alkanes of at least 4 members (excludes halogenated alkanes) is 12. The summed E-state index contributed by atoms with van der Waals surface area (Å²) in [5.41, 5.74) is 1.29. The second-order valence-electron chi connectivity index (χ2n) is 9.27. The van der Waals surface area contributed by atoms with Gasteiger partial charge in [0.15, 0.2) is 6.29 Å². The van der Waals surface area contributed by atoms with E-state index in [2.05, 4.69) is 13.0 Å². The van der Waals surface area contributed by atoms with Crippen LogP contribution in [-0.2, 0) is 16.0 Å². The van der Waals surface area contributed by atoms with E-state index in [1.807, 2.05) is 32.0 Å². The van der Waals surface area contributed by atoms with E-state index in [-0.39, 0.29) is 12.4 Å². The van der Waals surface area contributed by atoms with Gasteiger partial charge in [-0.25, -0.2) is 0 Å². The lowest BCUT2D eigenvalue weighted by atomic mass is 10.0. The van der Waals surface area contributed by atoms with Crippen LogP contribution in [0.2, 0.25) is 0 Å². The summed E-state index contributed by atoms with van der Waals surface area (Å²) in [6.45, 7) is 6.32. The zero-order chi connectivity index (χ0) is 23.4. The lowest BCUT2D eigenvalue weighted by molar-refractivity contribution is -0.137. The molecule has 0 aromatic heterocycles. The van der Waals surface area contributed by atoms with Crippen molar-refractivity contribution in [3.8, 4) is 5.75 Å². The molecule has 2 rings (SSSR count). The Labute approximate surface area is 197 Å². The Morgan fingerprint density at radius 2 is 1.47 bits per heavy atom. The molecule has 1 aliphatic rings. The third-order valence-electron chi connectivity index (χ3n) is 5.80. The van der Waals surface area contributed by atoms with Gasteiger partial charge >= 0.3 is 5.97 Å². The van der Waals surface area contributed by atoms with Crippen molar-refractivity contribution in [2.45, 2.75) is 136 Å². The van der Waals surface area contributed by atoms with Gasteiger partial charge in [0.2, 0.25) is 0 Å². The summed E-state index contributed by atoms with van der Waals surface area (Å²) in [6, 6.07) is 8.16. The quantitative estimate of drug-likeness (QED) is 0.258. The van der Waals surface area contributed by atoms with E-state index in [1.54, 1.807) is 0 Å². The lowest BCUT2D eigenvalue weighted by Crippen LogP contribution is -2.28. The average molecular weight is 449 g/mol. The van der Waals surface area contributed by atoms with Gasteiger partial charge in [0.25, 0.3) is 0 Å². The molecule has 1 aliphatic heterocycles. The molecule has 0 saturated carbocycles. The molecule has 1 aromatic rings. The molecule has 0 fully saturated rings. The number of carboxylic acid groups (broad SMARTS) is 1. The highest BCUT2D eigenvalue weighted by molar-refractivity contribution is 5.66. The van der Waals surface area contributed by atoms with E-state index < -0.39 is 5.97 Å². The molecule has 0 saturated heterocycles. The Balaban J connectivity index is 0.000000328. The predicted octanol–water partition coefficient (Wildman–Crippen LogP) is 8.32. The highest BCUT2D eigenvalue weighted by Gasteiger charge is 2.20. The van der Waals surface area contributed by atoms with Crippen LogP contribution in [0.3, 0.4) is 0 Å². The van der Waals surface area contributed by atoms with Crippen LogP contribution >= 0.6 is 0 Å². The number of carboxylic acids is 1. The van der Waals surface area contributed by atoms with Gasteiger partial charge in [0.05, 0.1) is 6.10 Å². The van der Waals surface area contributed by atoms with Crippen molar-refractivity contribution < 1.29 is 19.4 Å². The van der Waals surface area contributed by atoms with Gasteiger partial charge in [0.1, 0.15) is 5.75 Å². The van der Waals surface area contributed by atoms with Crippen LogP contribution in [0.4, 0.5) is 0 Å². The molecule has 0 radical (unpaired) electrons. The molecule has 0 amide bonds. The number of para-hydroxylation sites is 1. The molecule has 1 N–H and O–H groups in total. The van der Waals surface area contributed by atoms with E-state index in [0.29, 0.717) is 6.42 Å². The molecule has 32 heavy (non-hydrogen) atoms. The van der Waals surface area contributed by atoms with Crippen molar-refractivity contribution in [2.75, 3.05) is 0 Å². The fraction of sp³-hybridized carbons (Fsp3) is 0.750. The van der Waals surface area contributed by atoms with Gasteiger partial charge in [-0.2, -0.15) is 0 Å². The Bertz CT molecular complexity index is 585. The van der Waals surface area contributed by atoms with Crippen molar-refractivity contribution >= 4 is 5.97 Å². The van der Waals surface area contributed by atoms with Crippen LogP contribution in [-0.4, -0.2) is 23.5 Å². The van der Waals surface area contributed by atoms with Crippen LogP contribution in [0, 0.1) is 0 Å². The molecule has 184 valence electrons. The zero-order valence-corrected chi connectivity index (χ0v) is 20.9. The number of benzene rings is 1. The van der Waals surface area contributed by atoms with Crippen LogP contribution in [0.1, 0.15) is 123 Å². The van der Waals surface area contributed by atoms with E-state index in [0.717, 1.165) is 31.4 Å². The van der Waals surface area contributed by atoms with Crippen molar-refractivity contribution in [1.29, 1.82) is 0 Å². The number of hydrogen-bond donors (Lipinski definition) is 1. The summed E-state index contributed by atoms with van der Waals surface area (Å²) in [4.78, 5) is 10.3. The summed E-state index contributed by atoms with van der Waals surface area (Å²) in [7, 11) is 0. The molecule has 4 nitrogen and oxygen atoms in total. The number of rotatable bonds is 16. The van der Waals surface area contributed by atoms with Crippen molar-refractivity contribution in [3.05, 3.63) is 29.8 Å². The predicted molar refractivity (Wildman–Crippen MR) is 133 cm³/mol. The first kappa shape index (κ1) is 28.5. The monoisotopic (exact) mass is 448 g/mol. The highest BCUT2D eigenvalue weighted by Crippen LogP contribution is 2.27. The second kappa shape index (κ2) is 19.0. The second-order valence-corrected chi connectivity index (χ2v) is 9.27. The van der Waals surface area contributed by atoms with Gasteiger partial charge < -0.3 is 14.6 Å². The number of hydrogen-bond acceptors (Lipinski definition) is 3. The van der Waals surface area contributed by atoms with E-state index >= 15 is 0 Å². The van der Waals surface area contributed by atoms with E-state index in [4.69, 9.17) is 14.6 Å². The van der Waals surface area contributed by atoms with Crippen LogP contribution < -0.4 is 4.74 Å². The number of fused-ring (bicyclic) bond motifs is 1. The van der Waals surface area contributed by atoms with Gasteiger partial charge in [-0.3, -0.25) is 4.79 Å². The molecule has 1 aromatic carbocycles. The SMILES string of the molecule is CC(C)OC1CCc2ccccc2O1.CCCCCCCCCCCCCCCC(=O)O. The number of aliphatic carboxylic acids is 1. The first-order valence-corrected chi connectivity index (χ1v) is 13.1. The normalized spacial score (nSPS) is 14.9. The van der Waals surface area contributed by atoms with Crippen molar-refractivity contribution in [1.82, 2.24) is 0 Å². The number of aryl methyl sites for hydroxylation is 1. The molecule has 1 unspecified atom stereocenters. The maximum Gasteiger partial charge on any atom is 0.303 e. The molecule has 0 aliphatic carbocycles. The maximum absolute atomic E-state index is 10.3. The van der Waals surface area contributed by atoms with Crippen molar-refractivity contribution in [3.63, 3.8) is 0 Å². The Hall–Kier alpha value is -1.55. The van der Waals surface area contributed by atoms with Crippen LogP contribution in [0.5, 0.6) is 5.75 Å². The molecule has 1 heterocycles. The minimum Gasteiger partial charge on any atom is -0.481 e. The fourth-order valence-corrected chi connectivity index (χ4v) is 3.99. The molecular formula is C28H48O4. The van der Waals surface area contributed by atoms with Crippen LogP contribution in [0.25, 0.3) is 0 Å². The molecule has 4 heteroatoms. The topological polar surface area (TPSA) is 55.8 Å². The minimum absolute atomic E-state index is 0.0649. The smallest absolute Gasteiger partial charge is 0.303 e. The van der Waals surface area contributed by atoms with Crippen molar-refractivity contribution in [2.24, 2.45) is 0 Å². The van der Waals surface area contributed by atoms with Crippen LogP contribution in [0.15, 0.2) is 24.3 Å². The largest absolute Gasteiger partial charge is 0.481 e. The summed E-state index contributed by atoms with van der Waals surface area (Å²) in [5, 5.41) is 8.49. The fourth-order valence-electron chi connectivity index (χ4n) is 3.99. The van der Waals surface area contributed by atoms with Gasteiger partial charge in [-0.05, 0) is 38.3 Å². The molecule has 1 atom stereocenters. The van der Waals surface area contributed by atoms with Gasteiger partial charge in [-0.15, -0.1) is 0 Å². The first-order valence-electron chi connectivity index (χ1n) is 13.1. The van der Waals surface area contributed by atoms with Gasteiger partial charge in [-0.1, -0.05) is 102 Å². The third-order valence-corrected chi connectivity index (χ3v) is 5.80. The summed E-state index contributed by atoms with van der Waals surface area (Å²) < 4.78 is 11.3. The van der Waals surface area contributed by atoms with E-state index in [9.17, 15) is 4.79 Å². The zero-order valence-electron chi connectivity index (χ0n) is 20.9. The Kier molecular flexibility index (Phi) is 16.9. The standard InChI is InChI=1S/C16H32O2.C12H16O2/c1-2-3-4-5-6-7-8-9-10-11-12-13-14-15-16(17)18;1-9(2)13-12-8-7-10-5-3-4-6-11(10)14-12/h2-15H2,1H3,(H,17,18);3-6,9,12H,7-8H2,1-2H3. The molecule has 0 spiro atoms.